The number of aromatic nitrogens is 2. The molecule has 1 aliphatic carbocycles. The molecule has 3 aromatic heterocycles. The van der Waals surface area contributed by atoms with Crippen molar-refractivity contribution in [3.8, 4) is 22.4 Å². The molecule has 0 radical (unpaired) electrons. The number of fused-ring (bicyclic) bond motifs is 7. The predicted octanol–water partition coefficient (Wildman–Crippen LogP) is 6.97. The first kappa shape index (κ1) is 17.4. The van der Waals surface area contributed by atoms with Crippen molar-refractivity contribution in [2.75, 3.05) is 0 Å². The van der Waals surface area contributed by atoms with Gasteiger partial charge in [0.15, 0.2) is 0 Å². The van der Waals surface area contributed by atoms with E-state index >= 15 is 0 Å². The average molecular weight is 390 g/mol. The van der Waals surface area contributed by atoms with E-state index in [1.165, 1.54) is 22.3 Å². The van der Waals surface area contributed by atoms with Crippen molar-refractivity contribution in [1.82, 2.24) is 9.97 Å². The molecule has 146 valence electrons. The summed E-state index contributed by atoms with van der Waals surface area (Å²) in [6.07, 6.45) is 3.89. The van der Waals surface area contributed by atoms with Gasteiger partial charge < -0.3 is 4.42 Å². The smallest absolute Gasteiger partial charge is 0.227 e. The monoisotopic (exact) mass is 390 g/mol. The second kappa shape index (κ2) is 5.79. The van der Waals surface area contributed by atoms with Gasteiger partial charge in [-0.25, -0.2) is 4.98 Å². The van der Waals surface area contributed by atoms with E-state index in [4.69, 9.17) is 9.40 Å². The molecule has 0 spiro atoms. The lowest BCUT2D eigenvalue weighted by molar-refractivity contribution is 0.646. The second-order valence-electron chi connectivity index (χ2n) is 8.85. The van der Waals surface area contributed by atoms with Gasteiger partial charge in [0, 0.05) is 34.3 Å². The van der Waals surface area contributed by atoms with E-state index in [0.717, 1.165) is 38.7 Å². The molecule has 2 aromatic carbocycles. The van der Waals surface area contributed by atoms with Crippen LogP contribution in [0.4, 0.5) is 0 Å². The van der Waals surface area contributed by atoms with Gasteiger partial charge in [-0.3, -0.25) is 4.98 Å². The van der Waals surface area contributed by atoms with E-state index in [-0.39, 0.29) is 5.41 Å². The van der Waals surface area contributed by atoms with Crippen LogP contribution in [0.15, 0.2) is 65.3 Å². The lowest BCUT2D eigenvalue weighted by atomic mass is 9.81. The van der Waals surface area contributed by atoms with Crippen LogP contribution in [0.3, 0.4) is 0 Å². The maximum atomic E-state index is 6.42. The van der Waals surface area contributed by atoms with E-state index in [2.05, 4.69) is 81.2 Å². The zero-order valence-electron chi connectivity index (χ0n) is 17.6. The van der Waals surface area contributed by atoms with Crippen molar-refractivity contribution in [3.63, 3.8) is 0 Å². The summed E-state index contributed by atoms with van der Waals surface area (Å²) in [6.45, 7) is 8.76. The Hall–Kier alpha value is -3.46. The quantitative estimate of drug-likeness (QED) is 0.310. The van der Waals surface area contributed by atoms with Gasteiger partial charge in [0.2, 0.25) is 5.71 Å². The van der Waals surface area contributed by atoms with Crippen LogP contribution >= 0.6 is 0 Å². The number of hydrogen-bond acceptors (Lipinski definition) is 3. The molecule has 0 unspecified atom stereocenters. The lowest BCUT2D eigenvalue weighted by Gasteiger charge is -2.22. The van der Waals surface area contributed by atoms with E-state index in [1.807, 2.05) is 12.4 Å². The second-order valence-corrected chi connectivity index (χ2v) is 8.85. The maximum absolute atomic E-state index is 6.42. The molecule has 0 N–H and O–H groups in total. The van der Waals surface area contributed by atoms with Crippen LogP contribution in [0, 0.1) is 13.8 Å². The minimum Gasteiger partial charge on any atom is -0.437 e. The SMILES string of the molecule is Cc1ccc(-c2c(C)ccc3c2oc2ncc4c(c23)C(C)(C)c2ccccc2-4)nc1. The van der Waals surface area contributed by atoms with Gasteiger partial charge in [-0.1, -0.05) is 56.3 Å². The minimum atomic E-state index is -0.114. The highest BCUT2D eigenvalue weighted by Gasteiger charge is 2.38. The zero-order chi connectivity index (χ0) is 20.6. The van der Waals surface area contributed by atoms with Crippen molar-refractivity contribution >= 4 is 22.1 Å². The zero-order valence-corrected chi connectivity index (χ0v) is 17.6. The van der Waals surface area contributed by atoms with Gasteiger partial charge in [0.25, 0.3) is 0 Å². The summed E-state index contributed by atoms with van der Waals surface area (Å²) in [4.78, 5) is 9.43. The van der Waals surface area contributed by atoms with E-state index < -0.39 is 0 Å². The number of nitrogens with zero attached hydrogens (tertiary/aromatic N) is 2. The molecule has 0 amide bonds. The van der Waals surface area contributed by atoms with Gasteiger partial charge in [-0.05, 0) is 47.7 Å². The number of rotatable bonds is 1. The molecule has 0 atom stereocenters. The Bertz CT molecular complexity index is 1470. The summed E-state index contributed by atoms with van der Waals surface area (Å²) < 4.78 is 6.42. The van der Waals surface area contributed by atoms with E-state index in [0.29, 0.717) is 5.71 Å². The fourth-order valence-corrected chi connectivity index (χ4v) is 5.09. The molecule has 3 nitrogen and oxygen atoms in total. The molecule has 0 saturated heterocycles. The number of pyridine rings is 2. The van der Waals surface area contributed by atoms with Crippen LogP contribution in [0.2, 0.25) is 0 Å². The van der Waals surface area contributed by atoms with Crippen LogP contribution in [0.5, 0.6) is 0 Å². The van der Waals surface area contributed by atoms with Gasteiger partial charge in [0.1, 0.15) is 5.58 Å². The van der Waals surface area contributed by atoms with E-state index in [1.54, 1.807) is 0 Å². The standard InChI is InChI=1S/C27H22N2O/c1-15-9-12-21(28-13-15)22-16(2)10-11-18-23-24-19(14-29-26(23)30-25(18)22)17-7-5-6-8-20(17)27(24,3)4/h5-14H,1-4H3. The van der Waals surface area contributed by atoms with Crippen LogP contribution < -0.4 is 0 Å². The van der Waals surface area contributed by atoms with E-state index in [9.17, 15) is 0 Å². The summed E-state index contributed by atoms with van der Waals surface area (Å²) in [6, 6.07) is 17.2. The van der Waals surface area contributed by atoms with Crippen molar-refractivity contribution in [2.45, 2.75) is 33.1 Å². The van der Waals surface area contributed by atoms with Crippen LogP contribution in [0.25, 0.3) is 44.5 Å². The highest BCUT2D eigenvalue weighted by atomic mass is 16.3. The van der Waals surface area contributed by atoms with Crippen LogP contribution in [-0.2, 0) is 5.41 Å². The Morgan fingerprint density at radius 1 is 0.833 bits per heavy atom. The van der Waals surface area contributed by atoms with Gasteiger partial charge in [-0.2, -0.15) is 0 Å². The molecule has 3 heteroatoms. The Balaban J connectivity index is 1.74. The highest BCUT2D eigenvalue weighted by Crippen LogP contribution is 2.52. The number of furan rings is 1. The molecule has 0 aliphatic heterocycles. The number of hydrogen-bond donors (Lipinski definition) is 0. The summed E-state index contributed by atoms with van der Waals surface area (Å²) >= 11 is 0. The maximum Gasteiger partial charge on any atom is 0.227 e. The third-order valence-corrected chi connectivity index (χ3v) is 6.56. The largest absolute Gasteiger partial charge is 0.437 e. The molecular formula is C27H22N2O. The third-order valence-electron chi connectivity index (χ3n) is 6.56. The Morgan fingerprint density at radius 2 is 1.67 bits per heavy atom. The fraction of sp³-hybridized carbons (Fsp3) is 0.185. The molecule has 0 fully saturated rings. The molecule has 0 bridgehead atoms. The fourth-order valence-electron chi connectivity index (χ4n) is 5.09. The Morgan fingerprint density at radius 3 is 2.47 bits per heavy atom. The molecule has 6 rings (SSSR count). The van der Waals surface area contributed by atoms with Crippen molar-refractivity contribution in [2.24, 2.45) is 0 Å². The van der Waals surface area contributed by atoms with Gasteiger partial charge in [-0.15, -0.1) is 0 Å². The highest BCUT2D eigenvalue weighted by molar-refractivity contribution is 6.13. The first-order valence-electron chi connectivity index (χ1n) is 10.3. The van der Waals surface area contributed by atoms with Crippen molar-refractivity contribution in [1.29, 1.82) is 0 Å². The third kappa shape index (κ3) is 2.15. The van der Waals surface area contributed by atoms with Crippen molar-refractivity contribution in [3.05, 3.63) is 83.2 Å². The minimum absolute atomic E-state index is 0.114. The van der Waals surface area contributed by atoms with Crippen LogP contribution in [0.1, 0.15) is 36.1 Å². The van der Waals surface area contributed by atoms with Crippen LogP contribution in [-0.4, -0.2) is 9.97 Å². The number of benzene rings is 2. The molecule has 1 aliphatic rings. The lowest BCUT2D eigenvalue weighted by Crippen LogP contribution is -2.15. The summed E-state index contributed by atoms with van der Waals surface area (Å²) in [7, 11) is 0. The Kier molecular flexibility index (Phi) is 3.36. The summed E-state index contributed by atoms with van der Waals surface area (Å²) in [5, 5.41) is 2.23. The van der Waals surface area contributed by atoms with Gasteiger partial charge in [0.05, 0.1) is 11.1 Å². The molecule has 30 heavy (non-hydrogen) atoms. The van der Waals surface area contributed by atoms with Crippen molar-refractivity contribution < 1.29 is 4.42 Å². The predicted molar refractivity (Wildman–Crippen MR) is 122 cm³/mol. The first-order chi connectivity index (χ1) is 14.5. The summed E-state index contributed by atoms with van der Waals surface area (Å²) in [5.74, 6) is 0. The summed E-state index contributed by atoms with van der Waals surface area (Å²) in [5.41, 5.74) is 10.9. The molecule has 0 saturated carbocycles. The first-order valence-corrected chi connectivity index (χ1v) is 10.3. The molecule has 5 aromatic rings. The van der Waals surface area contributed by atoms with Gasteiger partial charge >= 0.3 is 0 Å². The molecular weight excluding hydrogens is 368 g/mol. The normalized spacial score (nSPS) is 14.3. The average Bonchev–Trinajstić information content (AvgIpc) is 3.22. The topological polar surface area (TPSA) is 38.9 Å². The number of aryl methyl sites for hydroxylation is 2. The Labute approximate surface area is 175 Å². The molecule has 3 heterocycles.